The molecule has 1 N–H and O–H groups in total. The lowest BCUT2D eigenvalue weighted by Gasteiger charge is -2.01. The minimum atomic E-state index is -3.32. The van der Waals surface area contributed by atoms with Gasteiger partial charge in [-0.1, -0.05) is 12.1 Å². The van der Waals surface area contributed by atoms with Crippen molar-refractivity contribution in [3.63, 3.8) is 0 Å². The summed E-state index contributed by atoms with van der Waals surface area (Å²) in [6.45, 7) is 1.72. The molecule has 20 heavy (non-hydrogen) atoms. The molecule has 1 heterocycles. The standard InChI is InChI=1S/C12H14FN3O3S/c1-2-7-20(17,18)14-8-11-15-12(16-19-11)9-3-5-10(13)6-4-9/h3-6,14H,2,7-8H2,1H3. The SMILES string of the molecule is CCCS(=O)(=O)NCc1nc(-c2ccc(F)cc2)no1. The second kappa shape index (κ2) is 6.10. The third kappa shape index (κ3) is 3.84. The van der Waals surface area contributed by atoms with Gasteiger partial charge in [-0.2, -0.15) is 4.98 Å². The highest BCUT2D eigenvalue weighted by Crippen LogP contribution is 2.16. The van der Waals surface area contributed by atoms with Crippen molar-refractivity contribution in [3.05, 3.63) is 36.0 Å². The van der Waals surface area contributed by atoms with Crippen LogP contribution in [0, 0.1) is 5.82 Å². The zero-order chi connectivity index (χ0) is 14.6. The molecule has 0 aliphatic carbocycles. The number of benzene rings is 1. The van der Waals surface area contributed by atoms with Crippen LogP contribution in [-0.4, -0.2) is 24.3 Å². The number of nitrogens with one attached hydrogen (secondary N) is 1. The summed E-state index contributed by atoms with van der Waals surface area (Å²) in [5.41, 5.74) is 0.595. The number of rotatable bonds is 6. The van der Waals surface area contributed by atoms with Gasteiger partial charge in [-0.3, -0.25) is 0 Å². The van der Waals surface area contributed by atoms with Crippen LogP contribution in [0.5, 0.6) is 0 Å². The van der Waals surface area contributed by atoms with Crippen molar-refractivity contribution in [2.45, 2.75) is 19.9 Å². The summed E-state index contributed by atoms with van der Waals surface area (Å²) in [4.78, 5) is 4.05. The van der Waals surface area contributed by atoms with Crippen LogP contribution < -0.4 is 4.72 Å². The van der Waals surface area contributed by atoms with Crippen LogP contribution in [0.15, 0.2) is 28.8 Å². The highest BCUT2D eigenvalue weighted by Gasteiger charge is 2.13. The quantitative estimate of drug-likeness (QED) is 0.877. The molecule has 0 spiro atoms. The van der Waals surface area contributed by atoms with Gasteiger partial charge in [-0.05, 0) is 30.7 Å². The molecule has 0 saturated heterocycles. The molecule has 0 radical (unpaired) electrons. The normalized spacial score (nSPS) is 11.7. The Hall–Kier alpha value is -1.80. The van der Waals surface area contributed by atoms with Crippen LogP contribution in [-0.2, 0) is 16.6 Å². The zero-order valence-corrected chi connectivity index (χ0v) is 11.7. The lowest BCUT2D eigenvalue weighted by molar-refractivity contribution is 0.376. The fraction of sp³-hybridized carbons (Fsp3) is 0.333. The Balaban J connectivity index is 2.04. The Morgan fingerprint density at radius 3 is 2.65 bits per heavy atom. The molecule has 0 saturated carbocycles. The average molecular weight is 299 g/mol. The van der Waals surface area contributed by atoms with E-state index in [0.29, 0.717) is 12.0 Å². The highest BCUT2D eigenvalue weighted by atomic mass is 32.2. The van der Waals surface area contributed by atoms with E-state index in [-0.39, 0.29) is 29.8 Å². The monoisotopic (exact) mass is 299 g/mol. The summed E-state index contributed by atoms with van der Waals surface area (Å²) in [7, 11) is -3.32. The van der Waals surface area contributed by atoms with E-state index in [0.717, 1.165) is 0 Å². The first-order chi connectivity index (χ1) is 9.50. The van der Waals surface area contributed by atoms with E-state index in [9.17, 15) is 12.8 Å². The number of sulfonamides is 1. The highest BCUT2D eigenvalue weighted by molar-refractivity contribution is 7.89. The number of aromatic nitrogens is 2. The molecule has 0 amide bonds. The lowest BCUT2D eigenvalue weighted by atomic mass is 10.2. The molecule has 2 rings (SSSR count). The van der Waals surface area contributed by atoms with Crippen molar-refractivity contribution in [1.82, 2.24) is 14.9 Å². The fourth-order valence-corrected chi connectivity index (χ4v) is 2.58. The maximum absolute atomic E-state index is 12.8. The molecule has 1 aromatic heterocycles. The number of nitrogens with zero attached hydrogens (tertiary/aromatic N) is 2. The number of halogens is 1. The van der Waals surface area contributed by atoms with E-state index in [1.807, 2.05) is 0 Å². The predicted molar refractivity (Wildman–Crippen MR) is 70.6 cm³/mol. The van der Waals surface area contributed by atoms with Gasteiger partial charge in [-0.15, -0.1) is 0 Å². The van der Waals surface area contributed by atoms with Gasteiger partial charge in [0.2, 0.25) is 21.7 Å². The first-order valence-corrected chi connectivity index (χ1v) is 7.71. The second-order valence-electron chi connectivity index (χ2n) is 4.16. The van der Waals surface area contributed by atoms with Gasteiger partial charge in [0.25, 0.3) is 0 Å². The van der Waals surface area contributed by atoms with Gasteiger partial charge < -0.3 is 4.52 Å². The Labute approximate surface area is 116 Å². The smallest absolute Gasteiger partial charge is 0.242 e. The summed E-state index contributed by atoms with van der Waals surface area (Å²) in [6.07, 6.45) is 0.528. The largest absolute Gasteiger partial charge is 0.338 e. The van der Waals surface area contributed by atoms with Crippen LogP contribution >= 0.6 is 0 Å². The number of hydrogen-bond donors (Lipinski definition) is 1. The van der Waals surface area contributed by atoms with Gasteiger partial charge >= 0.3 is 0 Å². The Bertz CT molecular complexity index is 668. The molecule has 0 bridgehead atoms. The Kier molecular flexibility index (Phi) is 4.46. The zero-order valence-electron chi connectivity index (χ0n) is 10.8. The van der Waals surface area contributed by atoms with Crippen LogP contribution in [0.3, 0.4) is 0 Å². The van der Waals surface area contributed by atoms with Gasteiger partial charge in [0.1, 0.15) is 5.82 Å². The summed E-state index contributed by atoms with van der Waals surface area (Å²) in [5, 5.41) is 3.72. The van der Waals surface area contributed by atoms with Crippen LogP contribution in [0.1, 0.15) is 19.2 Å². The molecule has 6 nitrogen and oxygen atoms in total. The van der Waals surface area contributed by atoms with Gasteiger partial charge in [0.15, 0.2) is 0 Å². The van der Waals surface area contributed by atoms with Crippen molar-refractivity contribution in [1.29, 1.82) is 0 Å². The molecule has 0 aliphatic heterocycles. The summed E-state index contributed by atoms with van der Waals surface area (Å²) in [6, 6.07) is 5.61. The van der Waals surface area contributed by atoms with Gasteiger partial charge in [0, 0.05) is 5.56 Å². The van der Waals surface area contributed by atoms with Crippen LogP contribution in [0.2, 0.25) is 0 Å². The molecule has 0 aliphatic rings. The van der Waals surface area contributed by atoms with Crippen molar-refractivity contribution in [2.75, 3.05) is 5.75 Å². The van der Waals surface area contributed by atoms with Gasteiger partial charge in [-0.25, -0.2) is 17.5 Å². The first-order valence-electron chi connectivity index (χ1n) is 6.06. The van der Waals surface area contributed by atoms with Crippen molar-refractivity contribution in [3.8, 4) is 11.4 Å². The maximum Gasteiger partial charge on any atom is 0.242 e. The lowest BCUT2D eigenvalue weighted by Crippen LogP contribution is -2.25. The molecule has 0 fully saturated rings. The Morgan fingerprint density at radius 2 is 2.00 bits per heavy atom. The van der Waals surface area contributed by atoms with Gasteiger partial charge in [0.05, 0.1) is 12.3 Å². The van der Waals surface area contributed by atoms with E-state index < -0.39 is 10.0 Å². The van der Waals surface area contributed by atoms with E-state index >= 15 is 0 Å². The summed E-state index contributed by atoms with van der Waals surface area (Å²) in [5.74, 6) is 0.134. The molecule has 8 heteroatoms. The molecular weight excluding hydrogens is 285 g/mol. The molecule has 108 valence electrons. The topological polar surface area (TPSA) is 85.1 Å². The van der Waals surface area contributed by atoms with Crippen LogP contribution in [0.25, 0.3) is 11.4 Å². The third-order valence-corrected chi connectivity index (χ3v) is 4.02. The third-order valence-electron chi connectivity index (χ3n) is 2.49. The minimum Gasteiger partial charge on any atom is -0.338 e. The number of hydrogen-bond acceptors (Lipinski definition) is 5. The predicted octanol–water partition coefficient (Wildman–Crippen LogP) is 1.71. The molecular formula is C12H14FN3O3S. The Morgan fingerprint density at radius 1 is 1.30 bits per heavy atom. The van der Waals surface area contributed by atoms with Crippen LogP contribution in [0.4, 0.5) is 4.39 Å². The molecule has 2 aromatic rings. The average Bonchev–Trinajstić information content (AvgIpc) is 2.86. The van der Waals surface area contributed by atoms with E-state index in [1.54, 1.807) is 6.92 Å². The van der Waals surface area contributed by atoms with Crippen molar-refractivity contribution >= 4 is 10.0 Å². The fourth-order valence-electron chi connectivity index (χ4n) is 1.56. The second-order valence-corrected chi connectivity index (χ2v) is 6.09. The molecule has 0 unspecified atom stereocenters. The van der Waals surface area contributed by atoms with E-state index in [2.05, 4.69) is 14.9 Å². The minimum absolute atomic E-state index is 0.0476. The summed E-state index contributed by atoms with van der Waals surface area (Å²) >= 11 is 0. The van der Waals surface area contributed by atoms with E-state index in [4.69, 9.17) is 4.52 Å². The van der Waals surface area contributed by atoms with Crippen molar-refractivity contribution < 1.29 is 17.3 Å². The van der Waals surface area contributed by atoms with Crippen molar-refractivity contribution in [2.24, 2.45) is 0 Å². The molecule has 1 aromatic carbocycles. The maximum atomic E-state index is 12.8. The summed E-state index contributed by atoms with van der Waals surface area (Å²) < 4.78 is 43.0. The van der Waals surface area contributed by atoms with E-state index in [1.165, 1.54) is 24.3 Å². The first kappa shape index (κ1) is 14.6. The molecule has 0 atom stereocenters.